The first kappa shape index (κ1) is 17.9. The summed E-state index contributed by atoms with van der Waals surface area (Å²) in [4.78, 5) is 24.8. The predicted octanol–water partition coefficient (Wildman–Crippen LogP) is 2.70. The van der Waals surface area contributed by atoms with Crippen LogP contribution in [0.15, 0.2) is 24.3 Å². The molecule has 1 aromatic carbocycles. The fourth-order valence-corrected chi connectivity index (χ4v) is 1.75. The summed E-state index contributed by atoms with van der Waals surface area (Å²) in [5.41, 5.74) is -0.117. The van der Waals surface area contributed by atoms with Crippen LogP contribution in [0, 0.1) is 5.82 Å². The minimum absolute atomic E-state index is 0.129. The SMILES string of the molecule is CN(Cc1ccccc1F)C(=O)CCNC(=O)OC(C)(C)C. The van der Waals surface area contributed by atoms with Gasteiger partial charge in [0.15, 0.2) is 0 Å². The topological polar surface area (TPSA) is 58.6 Å². The number of hydrogen-bond donors (Lipinski definition) is 1. The maximum atomic E-state index is 13.5. The summed E-state index contributed by atoms with van der Waals surface area (Å²) in [7, 11) is 1.60. The molecule has 1 aromatic rings. The maximum Gasteiger partial charge on any atom is 0.407 e. The molecule has 0 aliphatic rings. The Morgan fingerprint density at radius 3 is 2.50 bits per heavy atom. The molecular weight excluding hydrogens is 287 g/mol. The first-order valence-corrected chi connectivity index (χ1v) is 7.13. The average Bonchev–Trinajstić information content (AvgIpc) is 2.39. The summed E-state index contributed by atoms with van der Waals surface area (Å²) >= 11 is 0. The highest BCUT2D eigenvalue weighted by atomic mass is 19.1. The molecule has 2 amide bonds. The van der Waals surface area contributed by atoms with E-state index in [1.54, 1.807) is 46.0 Å². The smallest absolute Gasteiger partial charge is 0.407 e. The molecule has 0 aromatic heterocycles. The lowest BCUT2D eigenvalue weighted by Crippen LogP contribution is -2.35. The molecule has 0 heterocycles. The number of benzene rings is 1. The molecule has 0 spiro atoms. The predicted molar refractivity (Wildman–Crippen MR) is 81.7 cm³/mol. The lowest BCUT2D eigenvalue weighted by molar-refractivity contribution is -0.130. The van der Waals surface area contributed by atoms with E-state index >= 15 is 0 Å². The van der Waals surface area contributed by atoms with Gasteiger partial charge in [-0.3, -0.25) is 4.79 Å². The number of ether oxygens (including phenoxy) is 1. The normalized spacial score (nSPS) is 11.0. The Balaban J connectivity index is 2.36. The van der Waals surface area contributed by atoms with Crippen molar-refractivity contribution >= 4 is 12.0 Å². The number of amides is 2. The van der Waals surface area contributed by atoms with Gasteiger partial charge in [0.25, 0.3) is 0 Å². The molecule has 0 radical (unpaired) electrons. The van der Waals surface area contributed by atoms with Crippen LogP contribution in [0.1, 0.15) is 32.8 Å². The molecule has 5 nitrogen and oxygen atoms in total. The number of hydrogen-bond acceptors (Lipinski definition) is 3. The van der Waals surface area contributed by atoms with E-state index in [1.807, 2.05) is 0 Å². The van der Waals surface area contributed by atoms with E-state index in [9.17, 15) is 14.0 Å². The third-order valence-electron chi connectivity index (χ3n) is 2.80. The van der Waals surface area contributed by atoms with Crippen LogP contribution in [0.2, 0.25) is 0 Å². The Kier molecular flexibility index (Phi) is 6.34. The minimum Gasteiger partial charge on any atom is -0.444 e. The van der Waals surface area contributed by atoms with Gasteiger partial charge in [0.1, 0.15) is 11.4 Å². The number of nitrogens with one attached hydrogen (secondary N) is 1. The van der Waals surface area contributed by atoms with Crippen LogP contribution in [0.4, 0.5) is 9.18 Å². The third-order valence-corrected chi connectivity index (χ3v) is 2.80. The Labute approximate surface area is 130 Å². The Bertz CT molecular complexity index is 526. The molecule has 0 atom stereocenters. The van der Waals surface area contributed by atoms with Gasteiger partial charge in [-0.15, -0.1) is 0 Å². The van der Waals surface area contributed by atoms with Gasteiger partial charge in [-0.05, 0) is 26.8 Å². The Hall–Kier alpha value is -2.11. The van der Waals surface area contributed by atoms with E-state index < -0.39 is 11.7 Å². The van der Waals surface area contributed by atoms with E-state index in [0.29, 0.717) is 5.56 Å². The summed E-state index contributed by atoms with van der Waals surface area (Å²) in [5.74, 6) is -0.520. The molecule has 6 heteroatoms. The van der Waals surface area contributed by atoms with E-state index in [-0.39, 0.29) is 31.2 Å². The van der Waals surface area contributed by atoms with Gasteiger partial charge in [0.2, 0.25) is 5.91 Å². The van der Waals surface area contributed by atoms with Gasteiger partial charge in [0, 0.05) is 32.1 Å². The Morgan fingerprint density at radius 1 is 1.27 bits per heavy atom. The van der Waals surface area contributed by atoms with Gasteiger partial charge < -0.3 is 15.0 Å². The van der Waals surface area contributed by atoms with Crippen LogP contribution in [0.5, 0.6) is 0 Å². The summed E-state index contributed by atoms with van der Waals surface area (Å²) in [6, 6.07) is 6.32. The molecule has 0 saturated carbocycles. The highest BCUT2D eigenvalue weighted by Gasteiger charge is 2.16. The first-order chi connectivity index (χ1) is 10.2. The molecule has 0 unspecified atom stereocenters. The lowest BCUT2D eigenvalue weighted by Gasteiger charge is -2.20. The maximum absolute atomic E-state index is 13.5. The fourth-order valence-electron chi connectivity index (χ4n) is 1.75. The van der Waals surface area contributed by atoms with E-state index in [1.165, 1.54) is 11.0 Å². The second-order valence-corrected chi connectivity index (χ2v) is 6.02. The lowest BCUT2D eigenvalue weighted by atomic mass is 10.2. The van der Waals surface area contributed by atoms with Crippen LogP contribution < -0.4 is 5.32 Å². The van der Waals surface area contributed by atoms with Gasteiger partial charge in [-0.2, -0.15) is 0 Å². The molecule has 0 aliphatic heterocycles. The van der Waals surface area contributed by atoms with Crippen molar-refractivity contribution in [1.82, 2.24) is 10.2 Å². The van der Waals surface area contributed by atoms with Crippen molar-refractivity contribution in [2.75, 3.05) is 13.6 Å². The monoisotopic (exact) mass is 310 g/mol. The van der Waals surface area contributed by atoms with Crippen molar-refractivity contribution in [3.63, 3.8) is 0 Å². The van der Waals surface area contributed by atoms with Crippen LogP contribution in [0.3, 0.4) is 0 Å². The second kappa shape index (κ2) is 7.77. The standard InChI is InChI=1S/C16H23FN2O3/c1-16(2,3)22-15(21)18-10-9-14(20)19(4)11-12-7-5-6-8-13(12)17/h5-8H,9-11H2,1-4H3,(H,18,21). The van der Waals surface area contributed by atoms with Gasteiger partial charge in [-0.25, -0.2) is 9.18 Å². The molecule has 1 rings (SSSR count). The van der Waals surface area contributed by atoms with E-state index in [4.69, 9.17) is 4.74 Å². The number of nitrogens with zero attached hydrogens (tertiary/aromatic N) is 1. The molecule has 22 heavy (non-hydrogen) atoms. The number of carbonyl (C=O) groups excluding carboxylic acids is 2. The zero-order valence-electron chi connectivity index (χ0n) is 13.5. The molecule has 0 saturated heterocycles. The summed E-state index contributed by atoms with van der Waals surface area (Å²) in [5, 5.41) is 2.52. The molecular formula is C16H23FN2O3. The van der Waals surface area contributed by atoms with Crippen molar-refractivity contribution in [1.29, 1.82) is 0 Å². The quantitative estimate of drug-likeness (QED) is 0.909. The van der Waals surface area contributed by atoms with Gasteiger partial charge in [0.05, 0.1) is 0 Å². The highest BCUT2D eigenvalue weighted by molar-refractivity contribution is 5.77. The molecule has 1 N–H and O–H groups in total. The first-order valence-electron chi connectivity index (χ1n) is 7.13. The van der Waals surface area contributed by atoms with Crippen LogP contribution in [-0.2, 0) is 16.1 Å². The van der Waals surface area contributed by atoms with Gasteiger partial charge >= 0.3 is 6.09 Å². The fraction of sp³-hybridized carbons (Fsp3) is 0.500. The molecule has 0 bridgehead atoms. The van der Waals surface area contributed by atoms with Crippen molar-refractivity contribution in [3.05, 3.63) is 35.6 Å². The number of rotatable bonds is 5. The number of carbonyl (C=O) groups is 2. The van der Waals surface area contributed by atoms with E-state index in [2.05, 4.69) is 5.32 Å². The highest BCUT2D eigenvalue weighted by Crippen LogP contribution is 2.09. The molecule has 0 aliphatic carbocycles. The van der Waals surface area contributed by atoms with Crippen molar-refractivity contribution in [3.8, 4) is 0 Å². The molecule has 122 valence electrons. The van der Waals surface area contributed by atoms with Crippen molar-refractivity contribution in [2.24, 2.45) is 0 Å². The molecule has 0 fully saturated rings. The second-order valence-electron chi connectivity index (χ2n) is 6.02. The summed E-state index contributed by atoms with van der Waals surface area (Å²) < 4.78 is 18.6. The van der Waals surface area contributed by atoms with Crippen LogP contribution in [0.25, 0.3) is 0 Å². The summed E-state index contributed by atoms with van der Waals surface area (Å²) in [6.45, 7) is 5.66. The van der Waals surface area contributed by atoms with Crippen molar-refractivity contribution in [2.45, 2.75) is 39.3 Å². The Morgan fingerprint density at radius 2 is 1.91 bits per heavy atom. The van der Waals surface area contributed by atoms with Crippen molar-refractivity contribution < 1.29 is 18.7 Å². The largest absolute Gasteiger partial charge is 0.444 e. The van der Waals surface area contributed by atoms with Gasteiger partial charge in [-0.1, -0.05) is 18.2 Å². The number of alkyl carbamates (subject to hydrolysis) is 1. The van der Waals surface area contributed by atoms with Crippen LogP contribution >= 0.6 is 0 Å². The third kappa shape index (κ3) is 6.56. The minimum atomic E-state index is -0.574. The van der Waals surface area contributed by atoms with E-state index in [0.717, 1.165) is 0 Å². The zero-order chi connectivity index (χ0) is 16.8. The summed E-state index contributed by atoms with van der Waals surface area (Å²) in [6.07, 6.45) is -0.429. The number of halogens is 1. The average molecular weight is 310 g/mol. The van der Waals surface area contributed by atoms with Crippen LogP contribution in [-0.4, -0.2) is 36.1 Å². The zero-order valence-corrected chi connectivity index (χ0v) is 13.5.